The zero-order chi connectivity index (χ0) is 21.8. The molecular weight excluding hydrogens is 434 g/mol. The van der Waals surface area contributed by atoms with Crippen LogP contribution < -0.4 is 10.2 Å². The van der Waals surface area contributed by atoms with Crippen molar-refractivity contribution < 1.29 is 9.53 Å². The smallest absolute Gasteiger partial charge is 0.413 e. The minimum Gasteiger partial charge on any atom is -0.444 e. The monoisotopic (exact) mass is 455 g/mol. The first-order valence-electron chi connectivity index (χ1n) is 8.72. The molecule has 9 nitrogen and oxygen atoms in total. The van der Waals surface area contributed by atoms with Gasteiger partial charge < -0.3 is 9.64 Å². The highest BCUT2D eigenvalue weighted by molar-refractivity contribution is 7.98. The van der Waals surface area contributed by atoms with Gasteiger partial charge in [-0.15, -0.1) is 0 Å². The summed E-state index contributed by atoms with van der Waals surface area (Å²) < 4.78 is 13.8. The third-order valence-electron chi connectivity index (χ3n) is 3.73. The molecule has 0 bridgehead atoms. The van der Waals surface area contributed by atoms with Gasteiger partial charge in [0.25, 0.3) is 0 Å². The fourth-order valence-corrected chi connectivity index (χ4v) is 3.72. The highest BCUT2D eigenvalue weighted by Crippen LogP contribution is 2.33. The van der Waals surface area contributed by atoms with Gasteiger partial charge in [0, 0.05) is 6.54 Å². The number of nitrogens with zero attached hydrogens (tertiary/aromatic N) is 6. The summed E-state index contributed by atoms with van der Waals surface area (Å²) in [6, 6.07) is 1.72. The zero-order valence-corrected chi connectivity index (χ0v) is 19.4. The van der Waals surface area contributed by atoms with E-state index in [-0.39, 0.29) is 16.8 Å². The molecule has 2 heterocycles. The summed E-state index contributed by atoms with van der Waals surface area (Å²) in [6.07, 6.45) is 1.21. The Kier molecular flexibility index (Phi) is 7.62. The van der Waals surface area contributed by atoms with E-state index < -0.39 is 11.7 Å². The molecule has 0 aromatic carbocycles. The van der Waals surface area contributed by atoms with Gasteiger partial charge >= 0.3 is 6.09 Å². The molecule has 29 heavy (non-hydrogen) atoms. The number of hydrogen-bond donors (Lipinski definition) is 1. The quantitative estimate of drug-likeness (QED) is 0.381. The lowest BCUT2D eigenvalue weighted by Crippen LogP contribution is -2.31. The Bertz CT molecular complexity index is 923. The van der Waals surface area contributed by atoms with E-state index in [2.05, 4.69) is 30.1 Å². The summed E-state index contributed by atoms with van der Waals surface area (Å²) >= 11 is 8.49. The Labute approximate surface area is 183 Å². The summed E-state index contributed by atoms with van der Waals surface area (Å²) in [5, 5.41) is 12.7. The molecule has 0 saturated heterocycles. The Morgan fingerprint density at radius 3 is 2.66 bits per heavy atom. The molecular formula is C17H22ClN7O2S2. The zero-order valence-electron chi connectivity index (χ0n) is 17.0. The standard InChI is InChI=1S/C17H22ClN7O2S2/c1-7-25(14-10(8-19)12(18)20-15(22-14)28-6)9(2)11-13(24-29-23-11)21-16(26)27-17(3,4)5/h9H,7H2,1-6H3,(H,21,24,26). The molecule has 0 aliphatic carbocycles. The van der Waals surface area contributed by atoms with E-state index in [9.17, 15) is 10.1 Å². The first kappa shape index (κ1) is 23.1. The van der Waals surface area contributed by atoms with Crippen LogP contribution in [-0.2, 0) is 4.74 Å². The molecule has 0 fully saturated rings. The van der Waals surface area contributed by atoms with Crippen LogP contribution in [0.3, 0.4) is 0 Å². The average molecular weight is 456 g/mol. The van der Waals surface area contributed by atoms with Crippen molar-refractivity contribution in [3.63, 3.8) is 0 Å². The van der Waals surface area contributed by atoms with E-state index in [1.807, 2.05) is 25.0 Å². The van der Waals surface area contributed by atoms with Crippen LogP contribution in [0.5, 0.6) is 0 Å². The Hall–Kier alpha value is -2.16. The summed E-state index contributed by atoms with van der Waals surface area (Å²) in [4.78, 5) is 22.6. The Morgan fingerprint density at radius 2 is 2.10 bits per heavy atom. The van der Waals surface area contributed by atoms with Crippen molar-refractivity contribution in [1.29, 1.82) is 5.26 Å². The van der Waals surface area contributed by atoms with E-state index in [1.54, 1.807) is 20.8 Å². The molecule has 2 rings (SSSR count). The Balaban J connectivity index is 2.38. The van der Waals surface area contributed by atoms with Crippen molar-refractivity contribution in [3.8, 4) is 6.07 Å². The topological polar surface area (TPSA) is 117 Å². The molecule has 1 amide bonds. The van der Waals surface area contributed by atoms with Crippen molar-refractivity contribution in [3.05, 3.63) is 16.4 Å². The van der Waals surface area contributed by atoms with Crippen molar-refractivity contribution in [1.82, 2.24) is 18.7 Å². The van der Waals surface area contributed by atoms with Crippen LogP contribution in [-0.4, -0.2) is 43.2 Å². The second-order valence-corrected chi connectivity index (χ2v) is 8.56. The number of halogens is 1. The fourth-order valence-electron chi connectivity index (χ4n) is 2.51. The van der Waals surface area contributed by atoms with E-state index >= 15 is 0 Å². The summed E-state index contributed by atoms with van der Waals surface area (Å²) in [5.74, 6) is 0.710. The van der Waals surface area contributed by atoms with Crippen LogP contribution in [0.2, 0.25) is 5.15 Å². The van der Waals surface area contributed by atoms with Gasteiger partial charge in [-0.2, -0.15) is 14.0 Å². The van der Waals surface area contributed by atoms with Crippen molar-refractivity contribution in [2.75, 3.05) is 23.0 Å². The number of carbonyl (C=O) groups is 1. The number of nitriles is 1. The maximum absolute atomic E-state index is 12.1. The van der Waals surface area contributed by atoms with E-state index in [0.717, 1.165) is 11.7 Å². The van der Waals surface area contributed by atoms with Crippen LogP contribution in [0.4, 0.5) is 16.4 Å². The van der Waals surface area contributed by atoms with E-state index in [4.69, 9.17) is 16.3 Å². The number of aromatic nitrogens is 4. The van der Waals surface area contributed by atoms with Crippen molar-refractivity contribution in [2.24, 2.45) is 0 Å². The molecule has 12 heteroatoms. The molecule has 1 unspecified atom stereocenters. The predicted octanol–water partition coefficient (Wildman–Crippen LogP) is 4.51. The molecule has 2 aromatic heterocycles. The van der Waals surface area contributed by atoms with Gasteiger partial charge in [0.05, 0.1) is 17.8 Å². The van der Waals surface area contributed by atoms with Gasteiger partial charge in [0.15, 0.2) is 21.9 Å². The highest BCUT2D eigenvalue weighted by atomic mass is 35.5. The predicted molar refractivity (Wildman–Crippen MR) is 115 cm³/mol. The van der Waals surface area contributed by atoms with Gasteiger partial charge in [-0.05, 0) is 40.9 Å². The third-order valence-corrected chi connectivity index (χ3v) is 5.09. The van der Waals surface area contributed by atoms with Gasteiger partial charge in [-0.25, -0.2) is 14.8 Å². The number of hydrogen-bond acceptors (Lipinski definition) is 10. The molecule has 0 radical (unpaired) electrons. The highest BCUT2D eigenvalue weighted by Gasteiger charge is 2.28. The summed E-state index contributed by atoms with van der Waals surface area (Å²) in [7, 11) is 0. The number of anilines is 2. The average Bonchev–Trinajstić information content (AvgIpc) is 3.08. The SMILES string of the molecule is CCN(c1nc(SC)nc(Cl)c1C#N)C(C)c1nsnc1NC(=O)OC(C)(C)C. The second kappa shape index (κ2) is 9.56. The molecule has 2 aromatic rings. The van der Waals surface area contributed by atoms with Crippen LogP contribution >= 0.6 is 35.1 Å². The number of thioether (sulfide) groups is 1. The first-order chi connectivity index (χ1) is 13.6. The van der Waals surface area contributed by atoms with E-state index in [0.29, 0.717) is 29.0 Å². The number of amides is 1. The van der Waals surface area contributed by atoms with Crippen LogP contribution in [0.25, 0.3) is 0 Å². The minimum atomic E-state index is -0.637. The molecule has 1 N–H and O–H groups in total. The van der Waals surface area contributed by atoms with Crippen molar-refractivity contribution >= 4 is 52.8 Å². The Morgan fingerprint density at radius 1 is 1.41 bits per heavy atom. The lowest BCUT2D eigenvalue weighted by molar-refractivity contribution is 0.0635. The molecule has 0 spiro atoms. The maximum Gasteiger partial charge on any atom is 0.413 e. The number of rotatable bonds is 6. The fraction of sp³-hybridized carbons (Fsp3) is 0.529. The molecule has 0 aliphatic rings. The third kappa shape index (κ3) is 5.68. The number of nitrogens with one attached hydrogen (secondary N) is 1. The second-order valence-electron chi connectivity index (χ2n) is 6.90. The largest absolute Gasteiger partial charge is 0.444 e. The van der Waals surface area contributed by atoms with Gasteiger partial charge in [0.1, 0.15) is 22.9 Å². The van der Waals surface area contributed by atoms with Gasteiger partial charge in [-0.3, -0.25) is 5.32 Å². The number of carbonyl (C=O) groups excluding carboxylic acids is 1. The lowest BCUT2D eigenvalue weighted by Gasteiger charge is -2.29. The van der Waals surface area contributed by atoms with E-state index in [1.165, 1.54) is 11.8 Å². The maximum atomic E-state index is 12.1. The molecule has 0 saturated carbocycles. The normalized spacial score (nSPS) is 12.2. The molecule has 0 aliphatic heterocycles. The lowest BCUT2D eigenvalue weighted by atomic mass is 10.1. The van der Waals surface area contributed by atoms with Crippen LogP contribution in [0.1, 0.15) is 51.9 Å². The van der Waals surface area contributed by atoms with Crippen molar-refractivity contribution in [2.45, 2.75) is 51.4 Å². The van der Waals surface area contributed by atoms with Crippen LogP contribution in [0, 0.1) is 11.3 Å². The minimum absolute atomic E-state index is 0.0935. The van der Waals surface area contributed by atoms with Gasteiger partial charge in [-0.1, -0.05) is 23.4 Å². The summed E-state index contributed by atoms with van der Waals surface area (Å²) in [5.41, 5.74) is 0.0811. The van der Waals surface area contributed by atoms with Gasteiger partial charge in [0.2, 0.25) is 0 Å². The first-order valence-corrected chi connectivity index (χ1v) is 11.0. The summed E-state index contributed by atoms with van der Waals surface area (Å²) in [6.45, 7) is 9.66. The van der Waals surface area contributed by atoms with Crippen LogP contribution in [0.15, 0.2) is 5.16 Å². The molecule has 1 atom stereocenters. The number of ether oxygens (including phenoxy) is 1. The molecule has 156 valence electrons.